The summed E-state index contributed by atoms with van der Waals surface area (Å²) in [5, 5.41) is 2.87. The Hall–Kier alpha value is -0.650. The summed E-state index contributed by atoms with van der Waals surface area (Å²) in [6.45, 7) is 5.55. The van der Waals surface area contributed by atoms with Crippen LogP contribution >= 0.6 is 0 Å². The zero-order chi connectivity index (χ0) is 15.6. The molecule has 1 amide bonds. The molecule has 126 valence electrons. The lowest BCUT2D eigenvalue weighted by atomic mass is 10.1. The van der Waals surface area contributed by atoms with Crippen LogP contribution in [0.2, 0.25) is 0 Å². The Kier molecular flexibility index (Phi) is 16.9. The molecule has 0 rings (SSSR count). The number of amides is 1. The minimum Gasteiger partial charge on any atom is -0.378 e. The van der Waals surface area contributed by atoms with Gasteiger partial charge in [0.05, 0.1) is 26.4 Å². The van der Waals surface area contributed by atoms with Gasteiger partial charge in [-0.15, -0.1) is 0 Å². The van der Waals surface area contributed by atoms with Crippen LogP contribution in [-0.2, 0) is 14.3 Å². The van der Waals surface area contributed by atoms with E-state index in [4.69, 9.17) is 15.2 Å². The average molecular weight is 302 g/mol. The molecular weight excluding hydrogens is 268 g/mol. The molecule has 5 heteroatoms. The molecule has 3 N–H and O–H groups in total. The summed E-state index contributed by atoms with van der Waals surface area (Å²) < 4.78 is 10.5. The van der Waals surface area contributed by atoms with Crippen molar-refractivity contribution in [1.82, 2.24) is 5.32 Å². The van der Waals surface area contributed by atoms with E-state index in [9.17, 15) is 4.79 Å². The van der Waals surface area contributed by atoms with Gasteiger partial charge >= 0.3 is 0 Å². The number of carbonyl (C=O) groups is 1. The highest BCUT2D eigenvalue weighted by molar-refractivity contribution is 5.75. The van der Waals surface area contributed by atoms with Gasteiger partial charge in [0.25, 0.3) is 0 Å². The topological polar surface area (TPSA) is 73.6 Å². The van der Waals surface area contributed by atoms with E-state index in [1.54, 1.807) is 0 Å². The first-order valence-corrected chi connectivity index (χ1v) is 8.43. The first-order chi connectivity index (χ1) is 10.3. The maximum absolute atomic E-state index is 11.5. The Morgan fingerprint density at radius 2 is 1.52 bits per heavy atom. The van der Waals surface area contributed by atoms with E-state index in [1.807, 2.05) is 0 Å². The first kappa shape index (κ1) is 20.3. The van der Waals surface area contributed by atoms with Crippen molar-refractivity contribution in [3.63, 3.8) is 0 Å². The average Bonchev–Trinajstić information content (AvgIpc) is 2.49. The van der Waals surface area contributed by atoms with Gasteiger partial charge in [0, 0.05) is 19.5 Å². The SMILES string of the molecule is CCCCCCCCCC(=O)NCCOCCOCCN. The Morgan fingerprint density at radius 3 is 2.19 bits per heavy atom. The third-order valence-electron chi connectivity index (χ3n) is 3.21. The molecule has 0 saturated heterocycles. The Bertz CT molecular complexity index is 226. The predicted molar refractivity (Wildman–Crippen MR) is 86.3 cm³/mol. The number of hydrogen-bond acceptors (Lipinski definition) is 4. The van der Waals surface area contributed by atoms with E-state index < -0.39 is 0 Å². The Morgan fingerprint density at radius 1 is 0.905 bits per heavy atom. The fourth-order valence-electron chi connectivity index (χ4n) is 2.00. The van der Waals surface area contributed by atoms with Gasteiger partial charge in [0.15, 0.2) is 0 Å². The number of nitrogens with two attached hydrogens (primary N) is 1. The minimum absolute atomic E-state index is 0.131. The summed E-state index contributed by atoms with van der Waals surface area (Å²) in [4.78, 5) is 11.5. The lowest BCUT2D eigenvalue weighted by Gasteiger charge is -2.07. The van der Waals surface area contributed by atoms with E-state index in [0.717, 1.165) is 12.8 Å². The molecule has 0 aliphatic heterocycles. The number of carbonyl (C=O) groups excluding carboxylic acids is 1. The highest BCUT2D eigenvalue weighted by Crippen LogP contribution is 2.08. The van der Waals surface area contributed by atoms with Crippen LogP contribution in [-0.4, -0.2) is 45.4 Å². The maximum atomic E-state index is 11.5. The van der Waals surface area contributed by atoms with Gasteiger partial charge in [0.1, 0.15) is 0 Å². The fourth-order valence-corrected chi connectivity index (χ4v) is 2.00. The molecule has 0 spiro atoms. The van der Waals surface area contributed by atoms with Crippen LogP contribution in [0, 0.1) is 0 Å². The minimum atomic E-state index is 0.131. The van der Waals surface area contributed by atoms with Crippen LogP contribution in [0.15, 0.2) is 0 Å². The molecule has 21 heavy (non-hydrogen) atoms. The third-order valence-corrected chi connectivity index (χ3v) is 3.21. The molecule has 0 heterocycles. The monoisotopic (exact) mass is 302 g/mol. The van der Waals surface area contributed by atoms with Crippen LogP contribution in [0.4, 0.5) is 0 Å². The molecule has 0 fully saturated rings. The summed E-state index contributed by atoms with van der Waals surface area (Å²) in [6.07, 6.45) is 9.27. The molecule has 0 unspecified atom stereocenters. The second kappa shape index (κ2) is 17.4. The zero-order valence-corrected chi connectivity index (χ0v) is 13.7. The van der Waals surface area contributed by atoms with E-state index in [0.29, 0.717) is 45.9 Å². The van der Waals surface area contributed by atoms with Gasteiger partial charge < -0.3 is 20.5 Å². The highest BCUT2D eigenvalue weighted by atomic mass is 16.5. The molecule has 0 bridgehead atoms. The van der Waals surface area contributed by atoms with Crippen LogP contribution in [0.25, 0.3) is 0 Å². The van der Waals surface area contributed by atoms with Gasteiger partial charge in [-0.25, -0.2) is 0 Å². The fraction of sp³-hybridized carbons (Fsp3) is 0.938. The number of ether oxygens (including phenoxy) is 2. The van der Waals surface area contributed by atoms with Gasteiger partial charge in [0.2, 0.25) is 5.91 Å². The van der Waals surface area contributed by atoms with Crippen molar-refractivity contribution in [2.45, 2.75) is 58.3 Å². The zero-order valence-electron chi connectivity index (χ0n) is 13.7. The lowest BCUT2D eigenvalue weighted by molar-refractivity contribution is -0.121. The van der Waals surface area contributed by atoms with Crippen LogP contribution in [0.3, 0.4) is 0 Å². The van der Waals surface area contributed by atoms with Gasteiger partial charge in [-0.3, -0.25) is 4.79 Å². The molecule has 0 aliphatic rings. The molecule has 0 aromatic carbocycles. The van der Waals surface area contributed by atoms with Crippen LogP contribution in [0.1, 0.15) is 58.3 Å². The molecule has 0 aromatic rings. The van der Waals surface area contributed by atoms with E-state index in [2.05, 4.69) is 12.2 Å². The second-order valence-corrected chi connectivity index (χ2v) is 5.23. The molecule has 0 aliphatic carbocycles. The number of rotatable bonds is 16. The van der Waals surface area contributed by atoms with Crippen molar-refractivity contribution >= 4 is 5.91 Å². The molecule has 0 radical (unpaired) electrons. The van der Waals surface area contributed by atoms with Crippen LogP contribution in [0.5, 0.6) is 0 Å². The van der Waals surface area contributed by atoms with Gasteiger partial charge in [-0.2, -0.15) is 0 Å². The third kappa shape index (κ3) is 17.3. The van der Waals surface area contributed by atoms with Gasteiger partial charge in [-0.05, 0) is 6.42 Å². The predicted octanol–water partition coefficient (Wildman–Crippen LogP) is 2.24. The van der Waals surface area contributed by atoms with Crippen molar-refractivity contribution in [2.75, 3.05) is 39.5 Å². The highest BCUT2D eigenvalue weighted by Gasteiger charge is 2.00. The molecule has 0 atom stereocenters. The normalized spacial score (nSPS) is 10.8. The van der Waals surface area contributed by atoms with Crippen LogP contribution < -0.4 is 11.1 Å². The summed E-state index contributed by atoms with van der Waals surface area (Å²) in [5.41, 5.74) is 5.29. The van der Waals surface area contributed by atoms with Crippen molar-refractivity contribution in [3.05, 3.63) is 0 Å². The summed E-state index contributed by atoms with van der Waals surface area (Å²) in [7, 11) is 0. The van der Waals surface area contributed by atoms with E-state index in [-0.39, 0.29) is 5.91 Å². The summed E-state index contributed by atoms with van der Waals surface area (Å²) in [5.74, 6) is 0.131. The van der Waals surface area contributed by atoms with Crippen molar-refractivity contribution < 1.29 is 14.3 Å². The standard InChI is InChI=1S/C16H34N2O3/c1-2-3-4-5-6-7-8-9-16(19)18-11-13-21-15-14-20-12-10-17/h2-15,17H2,1H3,(H,18,19). The number of nitrogens with one attached hydrogen (secondary N) is 1. The molecular formula is C16H34N2O3. The van der Waals surface area contributed by atoms with Crippen molar-refractivity contribution in [1.29, 1.82) is 0 Å². The number of unbranched alkanes of at least 4 members (excludes halogenated alkanes) is 6. The largest absolute Gasteiger partial charge is 0.378 e. The maximum Gasteiger partial charge on any atom is 0.220 e. The summed E-state index contributed by atoms with van der Waals surface area (Å²) in [6, 6.07) is 0. The Labute approximate surface area is 129 Å². The van der Waals surface area contributed by atoms with Crippen molar-refractivity contribution in [2.24, 2.45) is 5.73 Å². The molecule has 5 nitrogen and oxygen atoms in total. The molecule has 0 aromatic heterocycles. The second-order valence-electron chi connectivity index (χ2n) is 5.23. The first-order valence-electron chi connectivity index (χ1n) is 8.43. The summed E-state index contributed by atoms with van der Waals surface area (Å²) >= 11 is 0. The molecule has 0 saturated carbocycles. The smallest absolute Gasteiger partial charge is 0.220 e. The van der Waals surface area contributed by atoms with Crippen molar-refractivity contribution in [3.8, 4) is 0 Å². The van der Waals surface area contributed by atoms with E-state index in [1.165, 1.54) is 32.1 Å². The van der Waals surface area contributed by atoms with Gasteiger partial charge in [-0.1, -0.05) is 45.4 Å². The Balaban J connectivity index is 3.13. The van der Waals surface area contributed by atoms with E-state index >= 15 is 0 Å². The quantitative estimate of drug-likeness (QED) is 0.429. The lowest BCUT2D eigenvalue weighted by Crippen LogP contribution is -2.27. The number of hydrogen-bond donors (Lipinski definition) is 2.